The third kappa shape index (κ3) is 2.36. The number of likely N-dealkylation sites (N-methyl/N-ethyl adjacent to an activating group) is 2. The number of nitrogens with one attached hydrogen (secondary N) is 3. The number of aromatic nitrogens is 2. The highest BCUT2D eigenvalue weighted by Crippen LogP contribution is 2.42. The second-order valence-electron chi connectivity index (χ2n) is 5.23. The Kier molecular flexibility index (Phi) is 4.39. The monoisotopic (exact) mass is 341 g/mol. The van der Waals surface area contributed by atoms with Crippen LogP contribution in [0.2, 0.25) is 5.28 Å². The van der Waals surface area contributed by atoms with E-state index in [1.165, 1.54) is 5.01 Å². The van der Waals surface area contributed by atoms with Crippen LogP contribution in [0, 0.1) is 0 Å². The minimum atomic E-state index is -1.15. The van der Waals surface area contributed by atoms with Gasteiger partial charge in [-0.05, 0) is 25.7 Å². The van der Waals surface area contributed by atoms with Crippen molar-refractivity contribution in [2.75, 3.05) is 57.4 Å². The molecule has 1 fully saturated rings. The number of hydrogen-bond acceptors (Lipinski definition) is 8. The van der Waals surface area contributed by atoms with Gasteiger partial charge in [-0.2, -0.15) is 4.98 Å². The first-order chi connectivity index (χ1) is 11.1. The summed E-state index contributed by atoms with van der Waals surface area (Å²) < 4.78 is 5.39. The number of carbonyl (C=O) groups is 1. The van der Waals surface area contributed by atoms with E-state index in [9.17, 15) is 4.79 Å². The molecule has 0 bridgehead atoms. The van der Waals surface area contributed by atoms with Gasteiger partial charge in [0.15, 0.2) is 11.5 Å². The summed E-state index contributed by atoms with van der Waals surface area (Å²) in [7, 11) is 5.07. The van der Waals surface area contributed by atoms with Crippen LogP contribution >= 0.6 is 11.6 Å². The van der Waals surface area contributed by atoms with Crippen LogP contribution < -0.4 is 26.0 Å². The first kappa shape index (κ1) is 16.3. The average molecular weight is 342 g/mol. The molecule has 0 radical (unpaired) electrons. The molecule has 0 spiro atoms. The molecule has 0 atom stereocenters. The number of nitrogens with zero attached hydrogens (tertiary/aromatic N) is 4. The number of carbonyl (C=O) groups excluding carboxylic acids is 1. The van der Waals surface area contributed by atoms with Crippen molar-refractivity contribution in [3.05, 3.63) is 11.0 Å². The first-order valence-corrected chi connectivity index (χ1v) is 7.77. The van der Waals surface area contributed by atoms with E-state index in [-0.39, 0.29) is 11.2 Å². The number of anilines is 2. The third-order valence-electron chi connectivity index (χ3n) is 4.23. The number of fused-ring (bicyclic) bond motifs is 1. The molecule has 0 unspecified atom stereocenters. The van der Waals surface area contributed by atoms with Crippen LogP contribution in [-0.4, -0.2) is 63.3 Å². The van der Waals surface area contributed by atoms with Gasteiger partial charge in [-0.25, -0.2) is 15.4 Å². The minimum absolute atomic E-state index is 0.103. The van der Waals surface area contributed by atoms with Gasteiger partial charge in [0.1, 0.15) is 11.4 Å². The number of halogens is 1. The molecule has 0 aliphatic carbocycles. The summed E-state index contributed by atoms with van der Waals surface area (Å²) in [6.45, 7) is 2.56. The Morgan fingerprint density at radius 2 is 1.83 bits per heavy atom. The normalized spacial score (nSPS) is 20.1. The molecular weight excluding hydrogens is 322 g/mol. The zero-order valence-electron chi connectivity index (χ0n) is 13.3. The topological polar surface area (TPSA) is 94.7 Å². The Balaban J connectivity index is 2.20. The van der Waals surface area contributed by atoms with Gasteiger partial charge in [-0.1, -0.05) is 0 Å². The summed E-state index contributed by atoms with van der Waals surface area (Å²) >= 11 is 6.14. The van der Waals surface area contributed by atoms with Crippen molar-refractivity contribution in [1.82, 2.24) is 26.0 Å². The molecule has 3 N–H and O–H groups in total. The SMILES string of the molecule is CNN1C(=O)C(NC)(NC)c2nc(Cl)nc(N3CCOCC3)c21. The van der Waals surface area contributed by atoms with Crippen LogP contribution in [0.25, 0.3) is 0 Å². The van der Waals surface area contributed by atoms with Gasteiger partial charge in [0.2, 0.25) is 5.28 Å². The Morgan fingerprint density at radius 1 is 1.17 bits per heavy atom. The van der Waals surface area contributed by atoms with E-state index >= 15 is 0 Å². The average Bonchev–Trinajstić information content (AvgIpc) is 2.82. The second kappa shape index (κ2) is 6.17. The van der Waals surface area contributed by atoms with E-state index in [1.54, 1.807) is 21.1 Å². The van der Waals surface area contributed by atoms with Crippen LogP contribution in [0.1, 0.15) is 5.69 Å². The maximum atomic E-state index is 12.9. The number of rotatable bonds is 4. The Labute approximate surface area is 139 Å². The van der Waals surface area contributed by atoms with Crippen molar-refractivity contribution in [2.45, 2.75) is 5.66 Å². The molecule has 10 heteroatoms. The van der Waals surface area contributed by atoms with E-state index in [0.29, 0.717) is 43.5 Å². The Hall–Kier alpha value is -1.52. The van der Waals surface area contributed by atoms with Crippen LogP contribution in [0.3, 0.4) is 0 Å². The van der Waals surface area contributed by atoms with Crippen molar-refractivity contribution < 1.29 is 9.53 Å². The molecule has 1 aromatic heterocycles. The number of ether oxygens (including phenoxy) is 1. The van der Waals surface area contributed by atoms with Crippen molar-refractivity contribution >= 4 is 29.0 Å². The lowest BCUT2D eigenvalue weighted by Gasteiger charge is -2.30. The molecule has 1 aromatic rings. The van der Waals surface area contributed by atoms with Crippen LogP contribution in [0.4, 0.5) is 11.5 Å². The fraction of sp³-hybridized carbons (Fsp3) is 0.615. The largest absolute Gasteiger partial charge is 0.378 e. The zero-order valence-corrected chi connectivity index (χ0v) is 14.1. The van der Waals surface area contributed by atoms with E-state index in [2.05, 4.69) is 30.9 Å². The maximum Gasteiger partial charge on any atom is 0.283 e. The lowest BCUT2D eigenvalue weighted by atomic mass is 10.1. The standard InChI is InChI=1S/C13H20ClN7O2/c1-15-13(16-2)9-8(21(17-3)11(13)22)10(19-12(14)18-9)20-4-6-23-7-5-20/h15-17H,4-7H2,1-3H3. The second-order valence-corrected chi connectivity index (χ2v) is 5.57. The van der Waals surface area contributed by atoms with E-state index in [1.807, 2.05) is 0 Å². The molecule has 2 aliphatic heterocycles. The molecular formula is C13H20ClN7O2. The summed E-state index contributed by atoms with van der Waals surface area (Å²) in [5.41, 5.74) is 2.88. The predicted octanol–water partition coefficient (Wildman–Crippen LogP) is -0.961. The van der Waals surface area contributed by atoms with Crippen LogP contribution in [-0.2, 0) is 15.2 Å². The van der Waals surface area contributed by atoms with Crippen LogP contribution in [0.15, 0.2) is 0 Å². The van der Waals surface area contributed by atoms with Crippen LogP contribution in [0.5, 0.6) is 0 Å². The molecule has 126 valence electrons. The lowest BCUT2D eigenvalue weighted by Crippen LogP contribution is -2.59. The molecule has 1 saturated heterocycles. The van der Waals surface area contributed by atoms with Crippen molar-refractivity contribution in [2.24, 2.45) is 0 Å². The summed E-state index contributed by atoms with van der Waals surface area (Å²) in [4.78, 5) is 23.7. The molecule has 1 amide bonds. The van der Waals surface area contributed by atoms with Gasteiger partial charge in [0.05, 0.1) is 13.2 Å². The molecule has 0 aromatic carbocycles. The van der Waals surface area contributed by atoms with Gasteiger partial charge in [0, 0.05) is 20.1 Å². The molecule has 3 heterocycles. The summed E-state index contributed by atoms with van der Waals surface area (Å²) in [5.74, 6) is 0.407. The van der Waals surface area contributed by atoms with E-state index < -0.39 is 5.66 Å². The Bertz CT molecular complexity index is 617. The highest BCUT2D eigenvalue weighted by atomic mass is 35.5. The van der Waals surface area contributed by atoms with Gasteiger partial charge in [-0.3, -0.25) is 15.4 Å². The molecule has 9 nitrogen and oxygen atoms in total. The van der Waals surface area contributed by atoms with Gasteiger partial charge in [0.25, 0.3) is 5.91 Å². The van der Waals surface area contributed by atoms with E-state index in [4.69, 9.17) is 16.3 Å². The zero-order chi connectivity index (χ0) is 16.6. The Morgan fingerprint density at radius 3 is 2.39 bits per heavy atom. The fourth-order valence-electron chi connectivity index (χ4n) is 3.04. The minimum Gasteiger partial charge on any atom is -0.378 e. The molecule has 0 saturated carbocycles. The fourth-order valence-corrected chi connectivity index (χ4v) is 3.20. The highest BCUT2D eigenvalue weighted by molar-refractivity contribution is 6.28. The lowest BCUT2D eigenvalue weighted by molar-refractivity contribution is -0.125. The van der Waals surface area contributed by atoms with Crippen molar-refractivity contribution in [3.63, 3.8) is 0 Å². The molecule has 2 aliphatic rings. The quantitative estimate of drug-likeness (QED) is 0.476. The number of amides is 1. The number of morpholine rings is 1. The van der Waals surface area contributed by atoms with Gasteiger partial charge in [-0.15, -0.1) is 0 Å². The summed E-state index contributed by atoms with van der Waals surface area (Å²) in [6.07, 6.45) is 0. The van der Waals surface area contributed by atoms with Gasteiger partial charge < -0.3 is 9.64 Å². The summed E-state index contributed by atoms with van der Waals surface area (Å²) in [6, 6.07) is 0. The van der Waals surface area contributed by atoms with Crippen molar-refractivity contribution in [1.29, 1.82) is 0 Å². The number of hydrazine groups is 1. The number of hydrogen-bond donors (Lipinski definition) is 3. The highest BCUT2D eigenvalue weighted by Gasteiger charge is 2.53. The first-order valence-electron chi connectivity index (χ1n) is 7.39. The summed E-state index contributed by atoms with van der Waals surface area (Å²) in [5, 5.41) is 7.59. The smallest absolute Gasteiger partial charge is 0.283 e. The van der Waals surface area contributed by atoms with Crippen molar-refractivity contribution in [3.8, 4) is 0 Å². The molecule has 23 heavy (non-hydrogen) atoms. The van der Waals surface area contributed by atoms with Gasteiger partial charge >= 0.3 is 0 Å². The van der Waals surface area contributed by atoms with E-state index in [0.717, 1.165) is 0 Å². The third-order valence-corrected chi connectivity index (χ3v) is 4.39. The predicted molar refractivity (Wildman–Crippen MR) is 86.4 cm³/mol. The maximum absolute atomic E-state index is 12.9. The molecule has 3 rings (SSSR count).